The summed E-state index contributed by atoms with van der Waals surface area (Å²) >= 11 is 0. The van der Waals surface area contributed by atoms with Gasteiger partial charge in [0, 0.05) is 13.0 Å². The van der Waals surface area contributed by atoms with E-state index in [1.807, 2.05) is 6.08 Å². The summed E-state index contributed by atoms with van der Waals surface area (Å²) in [5, 5.41) is 13.7. The predicted molar refractivity (Wildman–Crippen MR) is 240 cm³/mol. The lowest BCUT2D eigenvalue weighted by Gasteiger charge is -2.23. The minimum absolute atomic E-state index is 0.0728. The van der Waals surface area contributed by atoms with Gasteiger partial charge in [-0.25, -0.2) is 4.57 Å². The summed E-state index contributed by atoms with van der Waals surface area (Å²) in [7, 11) is -4.35. The van der Waals surface area contributed by atoms with Crippen molar-refractivity contribution in [3.63, 3.8) is 0 Å². The maximum Gasteiger partial charge on any atom is 0.472 e. The number of rotatable bonds is 44. The summed E-state index contributed by atoms with van der Waals surface area (Å²) in [6.07, 6.45) is 52.0. The lowest BCUT2D eigenvalue weighted by atomic mass is 10.0. The highest BCUT2D eigenvalue weighted by atomic mass is 31.2. The van der Waals surface area contributed by atoms with Gasteiger partial charge in [0.05, 0.1) is 25.4 Å². The zero-order valence-electron chi connectivity index (χ0n) is 36.6. The van der Waals surface area contributed by atoms with Crippen molar-refractivity contribution in [3.8, 4) is 0 Å². The first-order chi connectivity index (χ1) is 27.4. The van der Waals surface area contributed by atoms with Crippen molar-refractivity contribution in [1.29, 1.82) is 0 Å². The summed E-state index contributed by atoms with van der Waals surface area (Å²) < 4.78 is 22.1. The molecule has 0 bridgehead atoms. The molecule has 3 unspecified atom stereocenters. The summed E-state index contributed by atoms with van der Waals surface area (Å²) in [4.78, 5) is 22.7. The van der Waals surface area contributed by atoms with Crippen molar-refractivity contribution >= 4 is 13.7 Å². The van der Waals surface area contributed by atoms with Crippen LogP contribution in [0, 0.1) is 0 Å². The molecule has 0 saturated heterocycles. The van der Waals surface area contributed by atoms with Crippen LogP contribution >= 0.6 is 7.82 Å². The molecule has 0 aromatic rings. The minimum atomic E-state index is -4.35. The third-order valence-corrected chi connectivity index (χ3v) is 11.4. The molecular formula is C47H91N2O6P. The maximum atomic E-state index is 12.8. The number of nitrogens with two attached hydrogens (primary N) is 1. The normalized spacial score (nSPS) is 14.3. The molecule has 0 aliphatic heterocycles. The Morgan fingerprint density at radius 2 is 0.946 bits per heavy atom. The van der Waals surface area contributed by atoms with Crippen molar-refractivity contribution in [1.82, 2.24) is 5.32 Å². The van der Waals surface area contributed by atoms with Gasteiger partial charge < -0.3 is 21.1 Å². The van der Waals surface area contributed by atoms with E-state index in [0.717, 1.165) is 51.4 Å². The van der Waals surface area contributed by atoms with Crippen molar-refractivity contribution in [3.05, 3.63) is 36.5 Å². The van der Waals surface area contributed by atoms with E-state index in [4.69, 9.17) is 14.8 Å². The molecule has 8 nitrogen and oxygen atoms in total. The number of aliphatic hydroxyl groups is 1. The number of aliphatic hydroxyl groups excluding tert-OH is 1. The number of hydrogen-bond acceptors (Lipinski definition) is 6. The fourth-order valence-electron chi connectivity index (χ4n) is 6.85. The van der Waals surface area contributed by atoms with Crippen molar-refractivity contribution in [2.75, 3.05) is 19.8 Å². The highest BCUT2D eigenvalue weighted by molar-refractivity contribution is 7.47. The Bertz CT molecular complexity index is 974. The number of allylic oxidation sites excluding steroid dienone is 5. The number of amides is 1. The van der Waals surface area contributed by atoms with Crippen LogP contribution in [0.15, 0.2) is 36.5 Å². The second-order valence-corrected chi connectivity index (χ2v) is 17.4. The van der Waals surface area contributed by atoms with Crippen LogP contribution in [0.1, 0.15) is 226 Å². The lowest BCUT2D eigenvalue weighted by molar-refractivity contribution is -0.123. The Balaban J connectivity index is 4.21. The highest BCUT2D eigenvalue weighted by Gasteiger charge is 2.26. The highest BCUT2D eigenvalue weighted by Crippen LogP contribution is 2.43. The fraction of sp³-hybridized carbons (Fsp3) is 0.851. The van der Waals surface area contributed by atoms with Crippen LogP contribution in [0.4, 0.5) is 0 Å². The molecule has 0 aromatic carbocycles. The molecule has 5 N–H and O–H groups in total. The summed E-state index contributed by atoms with van der Waals surface area (Å²) in [6, 6.07) is -0.880. The third-order valence-electron chi connectivity index (χ3n) is 10.4. The second kappa shape index (κ2) is 43.3. The predicted octanol–water partition coefficient (Wildman–Crippen LogP) is 13.5. The van der Waals surface area contributed by atoms with E-state index in [-0.39, 0.29) is 25.7 Å². The molecule has 56 heavy (non-hydrogen) atoms. The lowest BCUT2D eigenvalue weighted by Crippen LogP contribution is -2.45. The zero-order valence-corrected chi connectivity index (χ0v) is 37.5. The van der Waals surface area contributed by atoms with E-state index < -0.39 is 20.0 Å². The monoisotopic (exact) mass is 811 g/mol. The van der Waals surface area contributed by atoms with Gasteiger partial charge in [-0.05, 0) is 57.8 Å². The van der Waals surface area contributed by atoms with E-state index in [9.17, 15) is 19.4 Å². The number of unbranched alkanes of at least 4 members (excludes halogenated alkanes) is 28. The molecule has 0 heterocycles. The van der Waals surface area contributed by atoms with Gasteiger partial charge in [0.2, 0.25) is 5.91 Å². The molecule has 330 valence electrons. The van der Waals surface area contributed by atoms with Crippen LogP contribution in [0.2, 0.25) is 0 Å². The molecule has 0 aliphatic rings. The maximum absolute atomic E-state index is 12.8. The molecule has 0 aliphatic carbocycles. The molecule has 3 atom stereocenters. The topological polar surface area (TPSA) is 131 Å². The Hall–Kier alpha value is -1.28. The van der Waals surface area contributed by atoms with Crippen LogP contribution in [0.5, 0.6) is 0 Å². The summed E-state index contributed by atoms with van der Waals surface area (Å²) in [6.45, 7) is 4.12. The standard InChI is InChI=1S/C47H91N2O6P/c1-3-5-7-9-11-13-15-17-19-21-22-23-24-25-26-28-30-32-34-36-38-40-46(50)45(44-55-56(52,53)54-43-42-48)49-47(51)41-39-37-35-33-31-29-27-20-18-16-14-12-10-8-6-4-2/h20,27,30,32,38,40,45-46,50H,3-19,21-26,28-29,31,33-37,39,41-44,48H2,1-2H3,(H,49,51)(H,52,53)/b27-20-,32-30+,40-38+. The smallest absolute Gasteiger partial charge is 0.387 e. The number of carbonyl (C=O) groups is 1. The number of carbonyl (C=O) groups excluding carboxylic acids is 1. The Morgan fingerprint density at radius 1 is 0.571 bits per heavy atom. The van der Waals surface area contributed by atoms with Gasteiger partial charge in [-0.2, -0.15) is 0 Å². The van der Waals surface area contributed by atoms with Crippen LogP contribution in [-0.4, -0.2) is 47.8 Å². The molecule has 0 spiro atoms. The number of hydrogen-bond donors (Lipinski definition) is 4. The number of phosphoric ester groups is 1. The largest absolute Gasteiger partial charge is 0.472 e. The van der Waals surface area contributed by atoms with Gasteiger partial charge in [-0.15, -0.1) is 0 Å². The summed E-state index contributed by atoms with van der Waals surface area (Å²) in [5.74, 6) is -0.211. The number of phosphoric acid groups is 1. The van der Waals surface area contributed by atoms with Crippen molar-refractivity contribution < 1.29 is 28.4 Å². The molecular weight excluding hydrogens is 719 g/mol. The molecule has 0 aromatic heterocycles. The molecule has 0 radical (unpaired) electrons. The first kappa shape index (κ1) is 54.7. The van der Waals surface area contributed by atoms with Gasteiger partial charge in [0.15, 0.2) is 0 Å². The van der Waals surface area contributed by atoms with Crippen molar-refractivity contribution in [2.45, 2.75) is 238 Å². The molecule has 0 saturated carbocycles. The molecule has 0 rings (SSSR count). The summed E-state index contributed by atoms with van der Waals surface area (Å²) in [5.41, 5.74) is 5.38. The van der Waals surface area contributed by atoms with E-state index in [2.05, 4.69) is 43.5 Å². The second-order valence-electron chi connectivity index (χ2n) is 16.0. The molecule has 0 fully saturated rings. The Kier molecular flexibility index (Phi) is 42.3. The SMILES string of the molecule is CCCCCCCCC/C=C\CCCCCCCC(=O)NC(COP(=O)(O)OCCN)C(O)/C=C/CC/C=C/CCCCCCCCCCCCCCCCC. The van der Waals surface area contributed by atoms with Crippen molar-refractivity contribution in [2.24, 2.45) is 5.73 Å². The average Bonchev–Trinajstić information content (AvgIpc) is 3.19. The quantitative estimate of drug-likeness (QED) is 0.0274. The van der Waals surface area contributed by atoms with Crippen LogP contribution in [-0.2, 0) is 18.4 Å². The van der Waals surface area contributed by atoms with E-state index in [1.54, 1.807) is 6.08 Å². The first-order valence-electron chi connectivity index (χ1n) is 23.6. The van der Waals surface area contributed by atoms with Crippen LogP contribution in [0.25, 0.3) is 0 Å². The van der Waals surface area contributed by atoms with Gasteiger partial charge in [0.25, 0.3) is 0 Å². The van der Waals surface area contributed by atoms with Gasteiger partial charge in [0.1, 0.15) is 0 Å². The van der Waals surface area contributed by atoms with Crippen LogP contribution < -0.4 is 11.1 Å². The fourth-order valence-corrected chi connectivity index (χ4v) is 7.61. The first-order valence-corrected chi connectivity index (χ1v) is 25.1. The third kappa shape index (κ3) is 40.9. The van der Waals surface area contributed by atoms with Crippen LogP contribution in [0.3, 0.4) is 0 Å². The molecule has 9 heteroatoms. The van der Waals surface area contributed by atoms with E-state index in [0.29, 0.717) is 6.42 Å². The van der Waals surface area contributed by atoms with E-state index in [1.165, 1.54) is 154 Å². The Labute approximate surface area is 346 Å². The average molecular weight is 811 g/mol. The van der Waals surface area contributed by atoms with Gasteiger partial charge in [-0.1, -0.05) is 198 Å². The number of nitrogens with one attached hydrogen (secondary N) is 1. The van der Waals surface area contributed by atoms with Gasteiger partial charge >= 0.3 is 7.82 Å². The molecule has 1 amide bonds. The zero-order chi connectivity index (χ0) is 41.1. The Morgan fingerprint density at radius 3 is 1.38 bits per heavy atom. The van der Waals surface area contributed by atoms with Gasteiger partial charge in [-0.3, -0.25) is 13.8 Å². The van der Waals surface area contributed by atoms with E-state index >= 15 is 0 Å². The minimum Gasteiger partial charge on any atom is -0.387 e.